The van der Waals surface area contributed by atoms with E-state index in [4.69, 9.17) is 9.29 Å². The topological polar surface area (TPSA) is 83.9 Å². The summed E-state index contributed by atoms with van der Waals surface area (Å²) in [6.07, 6.45) is 0.454. The number of nitrogens with zero attached hydrogens (tertiary/aromatic N) is 1. The number of likely N-dealkylation sites (tertiary alicyclic amines) is 1. The summed E-state index contributed by atoms with van der Waals surface area (Å²) < 4.78 is 40.2. The van der Waals surface area contributed by atoms with Crippen molar-refractivity contribution in [2.24, 2.45) is 5.92 Å². The largest absolute Gasteiger partial charge is 0.465 e. The van der Waals surface area contributed by atoms with Gasteiger partial charge in [0.05, 0.1) is 12.9 Å². The molecule has 1 saturated heterocycles. The van der Waals surface area contributed by atoms with Crippen molar-refractivity contribution in [2.45, 2.75) is 12.3 Å². The fourth-order valence-electron chi connectivity index (χ4n) is 2.73. The molecule has 1 aromatic carbocycles. The first kappa shape index (κ1) is 16.7. The SMILES string of the molecule is CS(=O)(=O)OC[C@@H]1CN(C(=O)O)CC[C@H]1c1ccc(F)cc1. The van der Waals surface area contributed by atoms with Gasteiger partial charge in [0.15, 0.2) is 0 Å². The van der Waals surface area contributed by atoms with E-state index in [2.05, 4.69) is 0 Å². The molecule has 1 heterocycles. The summed E-state index contributed by atoms with van der Waals surface area (Å²) in [5.41, 5.74) is 0.855. The number of carboxylic acid groups (broad SMARTS) is 1. The molecule has 0 aromatic heterocycles. The third-order valence-corrected chi connectivity index (χ3v) is 4.36. The Morgan fingerprint density at radius 1 is 1.41 bits per heavy atom. The van der Waals surface area contributed by atoms with Crippen LogP contribution in [0.15, 0.2) is 24.3 Å². The van der Waals surface area contributed by atoms with E-state index in [1.165, 1.54) is 17.0 Å². The van der Waals surface area contributed by atoms with E-state index in [1.54, 1.807) is 12.1 Å². The molecule has 122 valence electrons. The molecule has 0 aliphatic carbocycles. The molecular formula is C14H18FNO5S. The second-order valence-electron chi connectivity index (χ2n) is 5.42. The van der Waals surface area contributed by atoms with Gasteiger partial charge in [0.2, 0.25) is 0 Å². The zero-order chi connectivity index (χ0) is 16.3. The average molecular weight is 331 g/mol. The fraction of sp³-hybridized carbons (Fsp3) is 0.500. The number of hydrogen-bond donors (Lipinski definition) is 1. The maximum atomic E-state index is 13.0. The molecule has 1 aliphatic heterocycles. The number of rotatable bonds is 4. The van der Waals surface area contributed by atoms with Crippen molar-refractivity contribution in [3.8, 4) is 0 Å². The molecule has 1 amide bonds. The minimum absolute atomic E-state index is 0.0713. The third kappa shape index (κ3) is 4.41. The molecule has 0 unspecified atom stereocenters. The lowest BCUT2D eigenvalue weighted by atomic mass is 9.81. The highest BCUT2D eigenvalue weighted by Gasteiger charge is 2.33. The number of benzene rings is 1. The maximum absolute atomic E-state index is 13.0. The zero-order valence-corrected chi connectivity index (χ0v) is 12.9. The van der Waals surface area contributed by atoms with Crippen LogP contribution in [0, 0.1) is 11.7 Å². The molecule has 1 N–H and O–H groups in total. The molecule has 0 saturated carbocycles. The van der Waals surface area contributed by atoms with Crippen LogP contribution in [0.4, 0.5) is 9.18 Å². The highest BCUT2D eigenvalue weighted by molar-refractivity contribution is 7.85. The van der Waals surface area contributed by atoms with Gasteiger partial charge in [-0.2, -0.15) is 8.42 Å². The average Bonchev–Trinajstić information content (AvgIpc) is 2.45. The Morgan fingerprint density at radius 2 is 2.05 bits per heavy atom. The number of hydrogen-bond acceptors (Lipinski definition) is 4. The highest BCUT2D eigenvalue weighted by atomic mass is 32.2. The van der Waals surface area contributed by atoms with E-state index in [1.807, 2.05) is 0 Å². The Morgan fingerprint density at radius 3 is 2.59 bits per heavy atom. The molecule has 0 bridgehead atoms. The van der Waals surface area contributed by atoms with E-state index in [9.17, 15) is 17.6 Å². The number of piperidine rings is 1. The normalized spacial score (nSPS) is 22.5. The number of halogens is 1. The summed E-state index contributed by atoms with van der Waals surface area (Å²) in [5, 5.41) is 9.09. The smallest absolute Gasteiger partial charge is 0.407 e. The van der Waals surface area contributed by atoms with Crippen molar-refractivity contribution in [1.29, 1.82) is 0 Å². The van der Waals surface area contributed by atoms with Gasteiger partial charge in [0.25, 0.3) is 10.1 Å². The van der Waals surface area contributed by atoms with Crippen LogP contribution in [0.25, 0.3) is 0 Å². The van der Waals surface area contributed by atoms with E-state index in [0.29, 0.717) is 13.0 Å². The van der Waals surface area contributed by atoms with Gasteiger partial charge in [-0.15, -0.1) is 0 Å². The maximum Gasteiger partial charge on any atom is 0.407 e. The monoisotopic (exact) mass is 331 g/mol. The van der Waals surface area contributed by atoms with Crippen LogP contribution >= 0.6 is 0 Å². The van der Waals surface area contributed by atoms with Crippen LogP contribution in [0.1, 0.15) is 17.9 Å². The lowest BCUT2D eigenvalue weighted by molar-refractivity contribution is 0.0955. The van der Waals surface area contributed by atoms with Gasteiger partial charge in [0, 0.05) is 19.0 Å². The molecule has 1 aliphatic rings. The highest BCUT2D eigenvalue weighted by Crippen LogP contribution is 2.33. The molecule has 8 heteroatoms. The lowest BCUT2D eigenvalue weighted by Crippen LogP contribution is -2.44. The Labute approximate surface area is 128 Å². The number of amides is 1. The molecule has 22 heavy (non-hydrogen) atoms. The van der Waals surface area contributed by atoms with E-state index < -0.39 is 16.2 Å². The third-order valence-electron chi connectivity index (χ3n) is 3.80. The standard InChI is InChI=1S/C14H18FNO5S/c1-22(19,20)21-9-11-8-16(14(17)18)7-6-13(11)10-2-4-12(15)5-3-10/h2-5,11,13H,6-9H2,1H3,(H,17,18)/t11-,13-/m0/s1. The summed E-state index contributed by atoms with van der Waals surface area (Å²) >= 11 is 0. The predicted molar refractivity (Wildman–Crippen MR) is 77.6 cm³/mol. The lowest BCUT2D eigenvalue weighted by Gasteiger charge is -2.37. The van der Waals surface area contributed by atoms with Crippen LogP contribution in [-0.4, -0.2) is 50.5 Å². The van der Waals surface area contributed by atoms with Crippen molar-refractivity contribution >= 4 is 16.2 Å². The second kappa shape index (κ2) is 6.62. The van der Waals surface area contributed by atoms with Gasteiger partial charge in [0.1, 0.15) is 5.82 Å². The Kier molecular flexibility index (Phi) is 5.02. The van der Waals surface area contributed by atoms with Crippen molar-refractivity contribution in [1.82, 2.24) is 4.90 Å². The van der Waals surface area contributed by atoms with Crippen LogP contribution in [0.3, 0.4) is 0 Å². The first-order chi connectivity index (χ1) is 10.3. The fourth-order valence-corrected chi connectivity index (χ4v) is 3.16. The Bertz CT molecular complexity index is 631. The predicted octanol–water partition coefficient (Wildman–Crippen LogP) is 1.89. The van der Waals surface area contributed by atoms with Gasteiger partial charge in [-0.1, -0.05) is 12.1 Å². The molecule has 6 nitrogen and oxygen atoms in total. The molecule has 0 radical (unpaired) electrons. The van der Waals surface area contributed by atoms with Gasteiger partial charge >= 0.3 is 6.09 Å². The molecule has 2 atom stereocenters. The van der Waals surface area contributed by atoms with Gasteiger partial charge in [-0.05, 0) is 30.0 Å². The first-order valence-electron chi connectivity index (χ1n) is 6.84. The van der Waals surface area contributed by atoms with E-state index in [0.717, 1.165) is 11.8 Å². The van der Waals surface area contributed by atoms with Crippen molar-refractivity contribution in [3.63, 3.8) is 0 Å². The molecular weight excluding hydrogens is 313 g/mol. The van der Waals surface area contributed by atoms with Crippen molar-refractivity contribution in [2.75, 3.05) is 26.0 Å². The van der Waals surface area contributed by atoms with Crippen LogP contribution in [0.5, 0.6) is 0 Å². The van der Waals surface area contributed by atoms with E-state index in [-0.39, 0.29) is 30.8 Å². The molecule has 0 spiro atoms. The Balaban J connectivity index is 2.18. The van der Waals surface area contributed by atoms with Gasteiger partial charge in [-0.25, -0.2) is 9.18 Å². The van der Waals surface area contributed by atoms with Gasteiger partial charge < -0.3 is 10.0 Å². The summed E-state index contributed by atoms with van der Waals surface area (Å²) in [6, 6.07) is 5.97. The summed E-state index contributed by atoms with van der Waals surface area (Å²) in [6.45, 7) is 0.449. The summed E-state index contributed by atoms with van der Waals surface area (Å²) in [7, 11) is -3.60. The van der Waals surface area contributed by atoms with E-state index >= 15 is 0 Å². The minimum atomic E-state index is -3.60. The zero-order valence-electron chi connectivity index (χ0n) is 12.1. The quantitative estimate of drug-likeness (QED) is 0.852. The van der Waals surface area contributed by atoms with Crippen molar-refractivity contribution in [3.05, 3.63) is 35.6 Å². The second-order valence-corrected chi connectivity index (χ2v) is 7.07. The Hall–Kier alpha value is -1.67. The number of carbonyl (C=O) groups is 1. The first-order valence-corrected chi connectivity index (χ1v) is 8.65. The molecule has 1 fully saturated rings. The molecule has 1 aromatic rings. The van der Waals surface area contributed by atoms with Crippen LogP contribution in [-0.2, 0) is 14.3 Å². The van der Waals surface area contributed by atoms with Crippen LogP contribution < -0.4 is 0 Å². The summed E-state index contributed by atoms with van der Waals surface area (Å²) in [4.78, 5) is 12.4. The summed E-state index contributed by atoms with van der Waals surface area (Å²) in [5.74, 6) is -0.723. The minimum Gasteiger partial charge on any atom is -0.465 e. The molecule has 2 rings (SSSR count). The van der Waals surface area contributed by atoms with Crippen molar-refractivity contribution < 1.29 is 26.9 Å². The van der Waals surface area contributed by atoms with Gasteiger partial charge in [-0.3, -0.25) is 4.18 Å². The van der Waals surface area contributed by atoms with Crippen LogP contribution in [0.2, 0.25) is 0 Å².